The van der Waals surface area contributed by atoms with E-state index in [0.717, 1.165) is 18.0 Å². The molecule has 0 saturated heterocycles. The summed E-state index contributed by atoms with van der Waals surface area (Å²) in [4.78, 5) is 8.34. The van der Waals surface area contributed by atoms with Crippen molar-refractivity contribution in [3.05, 3.63) is 54.1 Å². The molecule has 1 N–H and O–H groups in total. The lowest BCUT2D eigenvalue weighted by Gasteiger charge is -2.12. The summed E-state index contributed by atoms with van der Waals surface area (Å²) in [6, 6.07) is 8.21. The minimum absolute atomic E-state index is 0.181. The number of benzene rings is 1. The zero-order valence-corrected chi connectivity index (χ0v) is 10.6. The highest BCUT2D eigenvalue weighted by Gasteiger charge is 2.05. The number of hydrogen-bond acceptors (Lipinski definition) is 4. The average Bonchev–Trinajstić information content (AvgIpc) is 2.46. The van der Waals surface area contributed by atoms with Crippen LogP contribution in [0.15, 0.2) is 42.9 Å². The van der Waals surface area contributed by atoms with Gasteiger partial charge in [-0.25, -0.2) is 0 Å². The van der Waals surface area contributed by atoms with Gasteiger partial charge in [-0.15, -0.1) is 0 Å². The van der Waals surface area contributed by atoms with Gasteiger partial charge < -0.3 is 10.1 Å². The first-order valence-electron chi connectivity index (χ1n) is 5.92. The van der Waals surface area contributed by atoms with Crippen molar-refractivity contribution in [2.75, 3.05) is 7.11 Å². The van der Waals surface area contributed by atoms with Gasteiger partial charge in [-0.05, 0) is 24.6 Å². The fourth-order valence-corrected chi connectivity index (χ4v) is 1.65. The first-order chi connectivity index (χ1) is 8.79. The molecule has 18 heavy (non-hydrogen) atoms. The molecule has 0 bridgehead atoms. The van der Waals surface area contributed by atoms with Gasteiger partial charge in [0.05, 0.1) is 12.8 Å². The molecule has 2 aromatic rings. The SMILES string of the molecule is COc1ccc(CNC(C)c2cnccn2)cc1. The lowest BCUT2D eigenvalue weighted by atomic mass is 10.2. The van der Waals surface area contributed by atoms with Gasteiger partial charge in [0, 0.05) is 31.2 Å². The molecule has 0 aliphatic heterocycles. The Hall–Kier alpha value is -1.94. The molecule has 0 amide bonds. The van der Waals surface area contributed by atoms with Crippen molar-refractivity contribution in [1.29, 1.82) is 0 Å². The molecule has 0 aliphatic carbocycles. The first-order valence-corrected chi connectivity index (χ1v) is 5.92. The molecule has 4 heteroatoms. The van der Waals surface area contributed by atoms with Crippen LogP contribution in [-0.4, -0.2) is 17.1 Å². The highest BCUT2D eigenvalue weighted by Crippen LogP contribution is 2.13. The Morgan fingerprint density at radius 2 is 2.00 bits per heavy atom. The van der Waals surface area contributed by atoms with E-state index in [-0.39, 0.29) is 6.04 Å². The predicted molar refractivity (Wildman–Crippen MR) is 70.3 cm³/mol. The van der Waals surface area contributed by atoms with Gasteiger partial charge in [-0.3, -0.25) is 9.97 Å². The minimum atomic E-state index is 0.181. The second-order valence-electron chi connectivity index (χ2n) is 4.08. The maximum Gasteiger partial charge on any atom is 0.118 e. The minimum Gasteiger partial charge on any atom is -0.497 e. The third-order valence-corrected chi connectivity index (χ3v) is 2.80. The summed E-state index contributed by atoms with van der Waals surface area (Å²) < 4.78 is 5.13. The normalized spacial score (nSPS) is 12.1. The van der Waals surface area contributed by atoms with Crippen molar-refractivity contribution in [3.8, 4) is 5.75 Å². The van der Waals surface area contributed by atoms with Crippen molar-refractivity contribution in [1.82, 2.24) is 15.3 Å². The second kappa shape index (κ2) is 6.12. The molecule has 94 valence electrons. The van der Waals surface area contributed by atoms with E-state index in [9.17, 15) is 0 Å². The van der Waals surface area contributed by atoms with E-state index in [1.54, 1.807) is 25.7 Å². The Kier molecular flexibility index (Phi) is 4.25. The number of methoxy groups -OCH3 is 1. The Morgan fingerprint density at radius 3 is 2.61 bits per heavy atom. The number of nitrogens with zero attached hydrogens (tertiary/aromatic N) is 2. The molecular weight excluding hydrogens is 226 g/mol. The summed E-state index contributed by atoms with van der Waals surface area (Å²) >= 11 is 0. The van der Waals surface area contributed by atoms with Crippen LogP contribution in [0.1, 0.15) is 24.2 Å². The fraction of sp³-hybridized carbons (Fsp3) is 0.286. The van der Waals surface area contributed by atoms with Gasteiger partial charge in [0.1, 0.15) is 5.75 Å². The topological polar surface area (TPSA) is 47.0 Å². The van der Waals surface area contributed by atoms with Gasteiger partial charge in [0.2, 0.25) is 0 Å². The molecule has 0 saturated carbocycles. The van der Waals surface area contributed by atoms with Gasteiger partial charge >= 0.3 is 0 Å². The third-order valence-electron chi connectivity index (χ3n) is 2.80. The van der Waals surface area contributed by atoms with Crippen molar-refractivity contribution in [2.24, 2.45) is 0 Å². The molecule has 0 radical (unpaired) electrons. The summed E-state index contributed by atoms with van der Waals surface area (Å²) in [6.07, 6.45) is 5.17. The molecule has 2 rings (SSSR count). The summed E-state index contributed by atoms with van der Waals surface area (Å²) in [6.45, 7) is 2.87. The molecule has 1 unspecified atom stereocenters. The highest BCUT2D eigenvalue weighted by atomic mass is 16.5. The monoisotopic (exact) mass is 243 g/mol. The van der Waals surface area contributed by atoms with E-state index < -0.39 is 0 Å². The summed E-state index contributed by atoms with van der Waals surface area (Å²) in [7, 11) is 1.67. The van der Waals surface area contributed by atoms with Crippen LogP contribution in [0.25, 0.3) is 0 Å². The lowest BCUT2D eigenvalue weighted by molar-refractivity contribution is 0.414. The molecule has 4 nitrogen and oxygen atoms in total. The molecule has 0 aliphatic rings. The number of rotatable bonds is 5. The van der Waals surface area contributed by atoms with Crippen LogP contribution in [0, 0.1) is 0 Å². The Bertz CT molecular complexity index is 470. The van der Waals surface area contributed by atoms with Gasteiger partial charge in [-0.1, -0.05) is 12.1 Å². The molecular formula is C14H17N3O. The Labute approximate surface area is 107 Å². The van der Waals surface area contributed by atoms with E-state index in [1.807, 2.05) is 12.1 Å². The largest absolute Gasteiger partial charge is 0.497 e. The van der Waals surface area contributed by atoms with Crippen molar-refractivity contribution in [2.45, 2.75) is 19.5 Å². The van der Waals surface area contributed by atoms with Crippen LogP contribution in [0.2, 0.25) is 0 Å². The van der Waals surface area contributed by atoms with Crippen molar-refractivity contribution >= 4 is 0 Å². The highest BCUT2D eigenvalue weighted by molar-refractivity contribution is 5.27. The summed E-state index contributed by atoms with van der Waals surface area (Å²) in [5.41, 5.74) is 2.16. The number of ether oxygens (including phenoxy) is 1. The quantitative estimate of drug-likeness (QED) is 0.875. The molecule has 1 aromatic carbocycles. The van der Waals surface area contributed by atoms with Crippen LogP contribution in [-0.2, 0) is 6.54 Å². The Morgan fingerprint density at radius 1 is 1.22 bits per heavy atom. The van der Waals surface area contributed by atoms with Crippen molar-refractivity contribution in [3.63, 3.8) is 0 Å². The summed E-state index contributed by atoms with van der Waals surface area (Å²) in [5, 5.41) is 3.41. The van der Waals surface area contributed by atoms with E-state index in [1.165, 1.54) is 5.56 Å². The van der Waals surface area contributed by atoms with Crippen LogP contribution >= 0.6 is 0 Å². The second-order valence-corrected chi connectivity index (χ2v) is 4.08. The van der Waals surface area contributed by atoms with E-state index >= 15 is 0 Å². The zero-order chi connectivity index (χ0) is 12.8. The smallest absolute Gasteiger partial charge is 0.118 e. The molecule has 1 aromatic heterocycles. The molecule has 1 heterocycles. The van der Waals surface area contributed by atoms with Crippen LogP contribution in [0.3, 0.4) is 0 Å². The fourth-order valence-electron chi connectivity index (χ4n) is 1.65. The van der Waals surface area contributed by atoms with E-state index in [0.29, 0.717) is 0 Å². The average molecular weight is 243 g/mol. The lowest BCUT2D eigenvalue weighted by Crippen LogP contribution is -2.19. The molecule has 1 atom stereocenters. The van der Waals surface area contributed by atoms with Crippen LogP contribution < -0.4 is 10.1 Å². The van der Waals surface area contributed by atoms with Gasteiger partial charge in [-0.2, -0.15) is 0 Å². The summed E-state index contributed by atoms with van der Waals surface area (Å²) in [5.74, 6) is 0.876. The number of nitrogens with one attached hydrogen (secondary N) is 1. The van der Waals surface area contributed by atoms with Gasteiger partial charge in [0.25, 0.3) is 0 Å². The Balaban J connectivity index is 1.91. The van der Waals surface area contributed by atoms with Crippen molar-refractivity contribution < 1.29 is 4.74 Å². The van der Waals surface area contributed by atoms with E-state index in [2.05, 4.69) is 34.3 Å². The number of hydrogen-bond donors (Lipinski definition) is 1. The van der Waals surface area contributed by atoms with Crippen LogP contribution in [0.5, 0.6) is 5.75 Å². The molecule has 0 fully saturated rings. The third kappa shape index (κ3) is 3.28. The maximum atomic E-state index is 5.13. The standard InChI is InChI=1S/C14H17N3O/c1-11(14-10-15-7-8-16-14)17-9-12-3-5-13(18-2)6-4-12/h3-8,10-11,17H,9H2,1-2H3. The first kappa shape index (κ1) is 12.5. The molecule has 0 spiro atoms. The van der Waals surface area contributed by atoms with Gasteiger partial charge in [0.15, 0.2) is 0 Å². The zero-order valence-electron chi connectivity index (χ0n) is 10.6. The maximum absolute atomic E-state index is 5.13. The van der Waals surface area contributed by atoms with E-state index in [4.69, 9.17) is 4.74 Å². The number of aromatic nitrogens is 2. The van der Waals surface area contributed by atoms with Crippen LogP contribution in [0.4, 0.5) is 0 Å². The predicted octanol–water partition coefficient (Wildman–Crippen LogP) is 2.34.